The van der Waals surface area contributed by atoms with Crippen LogP contribution in [-0.2, 0) is 35.6 Å². The average molecular weight is 596 g/mol. The minimum atomic E-state index is -4.77. The van der Waals surface area contributed by atoms with Crippen LogP contribution in [0.4, 0.5) is 22.0 Å². The summed E-state index contributed by atoms with van der Waals surface area (Å²) in [5.41, 5.74) is -1.72. The van der Waals surface area contributed by atoms with Gasteiger partial charge in [0.1, 0.15) is 10.6 Å². The molecule has 5 rings (SSSR count). The van der Waals surface area contributed by atoms with Gasteiger partial charge in [-0.05, 0) is 61.6 Å². The van der Waals surface area contributed by atoms with Crippen molar-refractivity contribution in [3.8, 4) is 5.75 Å². The third-order valence-corrected chi connectivity index (χ3v) is 12.4. The fourth-order valence-corrected chi connectivity index (χ4v) is 10.5. The minimum absolute atomic E-state index is 0.143. The van der Waals surface area contributed by atoms with E-state index in [0.717, 1.165) is 24.3 Å². The lowest BCUT2D eigenvalue weighted by Gasteiger charge is -2.54. The van der Waals surface area contributed by atoms with Gasteiger partial charge in [-0.3, -0.25) is 4.79 Å². The van der Waals surface area contributed by atoms with Crippen molar-refractivity contribution in [1.29, 1.82) is 0 Å². The maximum absolute atomic E-state index is 15.5. The molecule has 0 aromatic heterocycles. The molecule has 3 aliphatic rings. The minimum Gasteiger partial charge on any atom is -0.490 e. The predicted molar refractivity (Wildman–Crippen MR) is 125 cm³/mol. The van der Waals surface area contributed by atoms with Crippen LogP contribution in [0, 0.1) is 23.5 Å². The Morgan fingerprint density at radius 1 is 1.10 bits per heavy atom. The number of carboxylic acid groups (broad SMARTS) is 1. The highest BCUT2D eigenvalue weighted by Gasteiger charge is 2.64. The van der Waals surface area contributed by atoms with E-state index in [1.165, 1.54) is 0 Å². The summed E-state index contributed by atoms with van der Waals surface area (Å²) in [7, 11) is -8.86. The molecule has 8 nitrogen and oxygen atoms in total. The van der Waals surface area contributed by atoms with E-state index >= 15 is 4.39 Å². The predicted octanol–water partition coefficient (Wildman–Crippen LogP) is 3.61. The van der Waals surface area contributed by atoms with E-state index in [1.54, 1.807) is 0 Å². The third-order valence-electron chi connectivity index (χ3n) is 8.01. The largest absolute Gasteiger partial charge is 0.490 e. The van der Waals surface area contributed by atoms with Crippen LogP contribution in [0.25, 0.3) is 0 Å². The summed E-state index contributed by atoms with van der Waals surface area (Å²) in [6.45, 7) is -0.476. The van der Waals surface area contributed by atoms with Crippen LogP contribution in [0.2, 0.25) is 0 Å². The van der Waals surface area contributed by atoms with Gasteiger partial charge in [0.2, 0.25) is 10.0 Å². The molecule has 2 aromatic rings. The lowest BCUT2D eigenvalue weighted by molar-refractivity contribution is -0.138. The number of ether oxygens (including phenoxy) is 1. The standard InChI is InChI=1S/C24H22F5NO7S2/c25-17-5-6-18(26)22-21(17)23(38(33,34)13-3-1-12(2-4-13)24(27,28)29)8-7-19-15(16(23)11-37-22)9-14(10-20(31)32)39(35,36)30-19/h1-6,14-16,19,30H,7-11H2,(H,31,32)/t14?,15-,16-,19+,23-/m0/s1. The zero-order chi connectivity index (χ0) is 28.5. The molecule has 0 bridgehead atoms. The maximum Gasteiger partial charge on any atom is 0.416 e. The van der Waals surface area contributed by atoms with Gasteiger partial charge in [-0.1, -0.05) is 0 Å². The van der Waals surface area contributed by atoms with Crippen LogP contribution in [0.3, 0.4) is 0 Å². The highest BCUT2D eigenvalue weighted by atomic mass is 32.2. The number of sulfone groups is 1. The number of carbonyl (C=O) groups is 1. The van der Waals surface area contributed by atoms with Crippen molar-refractivity contribution in [2.45, 2.75) is 52.8 Å². The fraction of sp³-hybridized carbons (Fsp3) is 0.458. The molecule has 1 saturated carbocycles. The lowest BCUT2D eigenvalue weighted by Crippen LogP contribution is -2.64. The first kappa shape index (κ1) is 27.8. The van der Waals surface area contributed by atoms with Gasteiger partial charge in [-0.15, -0.1) is 0 Å². The van der Waals surface area contributed by atoms with Crippen LogP contribution in [0.15, 0.2) is 41.3 Å². The molecule has 1 aliphatic carbocycles. The van der Waals surface area contributed by atoms with Crippen LogP contribution in [0.5, 0.6) is 5.75 Å². The van der Waals surface area contributed by atoms with Crippen LogP contribution in [-0.4, -0.2) is 45.8 Å². The second-order valence-corrected chi connectivity index (χ2v) is 14.2. The molecule has 1 unspecified atom stereocenters. The molecular formula is C24H22F5NO7S2. The van der Waals surface area contributed by atoms with Gasteiger partial charge in [0.05, 0.1) is 34.3 Å². The average Bonchev–Trinajstić information content (AvgIpc) is 2.85. The van der Waals surface area contributed by atoms with Crippen molar-refractivity contribution < 1.29 is 53.4 Å². The van der Waals surface area contributed by atoms with Gasteiger partial charge in [-0.2, -0.15) is 13.2 Å². The third kappa shape index (κ3) is 4.29. The van der Waals surface area contributed by atoms with E-state index in [0.29, 0.717) is 12.1 Å². The Kier molecular flexibility index (Phi) is 6.50. The zero-order valence-electron chi connectivity index (χ0n) is 19.9. The van der Waals surface area contributed by atoms with Gasteiger partial charge >= 0.3 is 12.1 Å². The van der Waals surface area contributed by atoms with Crippen molar-refractivity contribution >= 4 is 25.8 Å². The van der Waals surface area contributed by atoms with Crippen molar-refractivity contribution in [2.75, 3.05) is 6.61 Å². The normalized spacial score (nSPS) is 29.9. The topological polar surface area (TPSA) is 127 Å². The van der Waals surface area contributed by atoms with Crippen molar-refractivity contribution in [1.82, 2.24) is 4.72 Å². The Morgan fingerprint density at radius 3 is 2.36 bits per heavy atom. The number of fused-ring (bicyclic) bond motifs is 5. The van der Waals surface area contributed by atoms with E-state index in [1.807, 2.05) is 0 Å². The number of rotatable bonds is 4. The molecule has 2 aromatic carbocycles. The molecule has 5 atom stereocenters. The fourth-order valence-electron chi connectivity index (χ4n) is 6.31. The maximum atomic E-state index is 15.5. The van der Waals surface area contributed by atoms with Crippen LogP contribution in [0.1, 0.15) is 36.8 Å². The number of benzene rings is 2. The van der Waals surface area contributed by atoms with Crippen molar-refractivity contribution in [3.63, 3.8) is 0 Å². The lowest BCUT2D eigenvalue weighted by atomic mass is 9.64. The summed E-state index contributed by atoms with van der Waals surface area (Å²) in [5, 5.41) is 7.82. The van der Waals surface area contributed by atoms with Crippen LogP contribution >= 0.6 is 0 Å². The first-order valence-corrected chi connectivity index (χ1v) is 14.9. The molecule has 2 aliphatic heterocycles. The van der Waals surface area contributed by atoms with E-state index in [4.69, 9.17) is 4.74 Å². The van der Waals surface area contributed by atoms with Gasteiger partial charge in [0.15, 0.2) is 21.4 Å². The first-order chi connectivity index (χ1) is 18.1. The summed E-state index contributed by atoms with van der Waals surface area (Å²) in [5.74, 6) is -6.25. The Hall–Kier alpha value is -2.78. The highest BCUT2D eigenvalue weighted by Crippen LogP contribution is 2.59. The molecule has 2 heterocycles. The Labute approximate surface area is 220 Å². The molecule has 15 heteroatoms. The Balaban J connectivity index is 1.70. The van der Waals surface area contributed by atoms with Crippen molar-refractivity contribution in [2.24, 2.45) is 11.8 Å². The summed E-state index contributed by atoms with van der Waals surface area (Å²) >= 11 is 0. The highest BCUT2D eigenvalue weighted by molar-refractivity contribution is 7.92. The zero-order valence-corrected chi connectivity index (χ0v) is 21.5. The van der Waals surface area contributed by atoms with Gasteiger partial charge in [-0.25, -0.2) is 30.3 Å². The molecule has 2 N–H and O–H groups in total. The number of hydrogen-bond donors (Lipinski definition) is 2. The second kappa shape index (κ2) is 9.13. The summed E-state index contributed by atoms with van der Waals surface area (Å²) in [4.78, 5) is 10.8. The Bertz CT molecular complexity index is 1540. The molecule has 212 valence electrons. The van der Waals surface area contributed by atoms with Crippen LogP contribution < -0.4 is 9.46 Å². The molecule has 39 heavy (non-hydrogen) atoms. The number of hydrogen-bond acceptors (Lipinski definition) is 6. The molecule has 0 radical (unpaired) electrons. The molecule has 1 saturated heterocycles. The van der Waals surface area contributed by atoms with E-state index in [9.17, 15) is 44.3 Å². The second-order valence-electron chi connectivity index (χ2n) is 9.99. The monoisotopic (exact) mass is 595 g/mol. The van der Waals surface area contributed by atoms with Gasteiger partial charge in [0.25, 0.3) is 0 Å². The summed E-state index contributed by atoms with van der Waals surface area (Å²) in [6, 6.07) is 3.29. The number of sulfonamides is 1. The van der Waals surface area contributed by atoms with E-state index in [-0.39, 0.29) is 12.8 Å². The SMILES string of the molecule is O=C(O)CC1C[C@@H]2[C@@H](CC[C@@]3(S(=O)(=O)c4ccc(C(F)(F)F)cc4)c4c(F)ccc(F)c4OC[C@@H]23)NS1(=O)=O. The molecule has 2 fully saturated rings. The molecule has 0 amide bonds. The van der Waals surface area contributed by atoms with Crippen molar-refractivity contribution in [3.05, 3.63) is 59.2 Å². The van der Waals surface area contributed by atoms with Gasteiger partial charge < -0.3 is 9.84 Å². The smallest absolute Gasteiger partial charge is 0.416 e. The number of alkyl halides is 3. The Morgan fingerprint density at radius 2 is 1.74 bits per heavy atom. The summed E-state index contributed by atoms with van der Waals surface area (Å²) < 4.78 is 130. The molecule has 0 spiro atoms. The first-order valence-electron chi connectivity index (χ1n) is 11.9. The quantitative estimate of drug-likeness (QED) is 0.518. The number of halogens is 5. The number of aliphatic carboxylic acids is 1. The van der Waals surface area contributed by atoms with E-state index < -0.39 is 113 Å². The number of carboxylic acids is 1. The number of nitrogens with one attached hydrogen (secondary N) is 1. The van der Waals surface area contributed by atoms with Gasteiger partial charge in [0, 0.05) is 12.0 Å². The summed E-state index contributed by atoms with van der Waals surface area (Å²) in [6.07, 6.45) is -6.36. The molecular weight excluding hydrogens is 573 g/mol. The van der Waals surface area contributed by atoms with E-state index in [2.05, 4.69) is 4.72 Å².